The van der Waals surface area contributed by atoms with Crippen LogP contribution in [0, 0.1) is 11.8 Å². The molecule has 10 N–H and O–H groups in total. The number of phenols is 1. The monoisotopic (exact) mass is 640 g/mol. The Morgan fingerprint density at radius 3 is 2.18 bits per heavy atom. The van der Waals surface area contributed by atoms with Gasteiger partial charge in [-0.3, -0.25) is 28.4 Å². The summed E-state index contributed by atoms with van der Waals surface area (Å²) in [4.78, 5) is 43.0. The van der Waals surface area contributed by atoms with Crippen LogP contribution in [0.1, 0.15) is 50.7 Å². The van der Waals surface area contributed by atoms with Crippen LogP contribution in [0.3, 0.4) is 0 Å². The Labute approximate surface area is 255 Å². The Balaban J connectivity index is 0.000000978. The van der Waals surface area contributed by atoms with Crippen molar-refractivity contribution in [3.05, 3.63) is 34.1 Å². The van der Waals surface area contributed by atoms with Crippen LogP contribution in [-0.4, -0.2) is 99.2 Å². The van der Waals surface area contributed by atoms with Crippen molar-refractivity contribution < 1.29 is 52.3 Å². The van der Waals surface area contributed by atoms with Gasteiger partial charge < -0.3 is 36.8 Å². The number of unbranched alkanes of at least 4 members (excludes halogenated alkanes) is 1. The average Bonchev–Trinajstić information content (AvgIpc) is 2.89. The summed E-state index contributed by atoms with van der Waals surface area (Å²) in [6.07, 6.45) is 3.00. The maximum atomic E-state index is 14.0. The summed E-state index contributed by atoms with van der Waals surface area (Å²) in [5.41, 5.74) is 9.24. The Bertz CT molecular complexity index is 1530. The van der Waals surface area contributed by atoms with Gasteiger partial charge in [-0.2, -0.15) is 8.42 Å². The molecule has 1 saturated carbocycles. The van der Waals surface area contributed by atoms with Crippen LogP contribution >= 0.6 is 0 Å². The number of anilines is 2. The number of aliphatic hydroxyl groups is 3. The zero-order valence-corrected chi connectivity index (χ0v) is 25.8. The lowest BCUT2D eigenvalue weighted by Crippen LogP contribution is -2.65. The lowest BCUT2D eigenvalue weighted by atomic mass is 9.57. The molecule has 0 saturated heterocycles. The second kappa shape index (κ2) is 12.7. The highest BCUT2D eigenvalue weighted by Gasteiger charge is 2.64. The van der Waals surface area contributed by atoms with Gasteiger partial charge in [0, 0.05) is 30.3 Å². The van der Waals surface area contributed by atoms with Crippen molar-refractivity contribution in [2.24, 2.45) is 17.6 Å². The minimum Gasteiger partial charge on any atom is -0.508 e. The third-order valence-corrected chi connectivity index (χ3v) is 8.34. The van der Waals surface area contributed by atoms with Crippen LogP contribution < -0.4 is 16.4 Å². The molecule has 2 unspecified atom stereocenters. The number of phenolic OH excluding ortho intramolecular Hbond substituents is 1. The third kappa shape index (κ3) is 6.12. The Hall–Kier alpha value is -3.70. The predicted molar refractivity (Wildman–Crippen MR) is 160 cm³/mol. The summed E-state index contributed by atoms with van der Waals surface area (Å²) in [7, 11) is -1.52. The van der Waals surface area contributed by atoms with Crippen molar-refractivity contribution >= 4 is 45.0 Å². The van der Waals surface area contributed by atoms with Crippen LogP contribution in [0.25, 0.3) is 5.76 Å². The quantitative estimate of drug-likeness (QED) is 0.0850. The standard InChI is InChI=1S/C28H38N4O7.H2O4S/c1-5-7-9-32(8-6-2)17-12-16(29)22(33)19-14(17)10-13-11-15-21(31(3)4)24(35)20(27(30)38)26(37)28(15,39)25(36)18(13)23(19)34;1-5(2,3)4/h12-13,15,21,33-34,37,39H,5-11,29H2,1-4H3,(H2,30,38);(H2,1,2,3,4)/t13?,15?,21-,28-;/m0./s1. The molecule has 0 heterocycles. The number of ketones is 2. The molecule has 0 radical (unpaired) electrons. The van der Waals surface area contributed by atoms with E-state index in [1.807, 2.05) is 6.92 Å². The largest absolute Gasteiger partial charge is 0.508 e. The van der Waals surface area contributed by atoms with Crippen molar-refractivity contribution in [1.29, 1.82) is 0 Å². The molecule has 244 valence electrons. The summed E-state index contributed by atoms with van der Waals surface area (Å²) < 4.78 is 31.6. The third-order valence-electron chi connectivity index (χ3n) is 8.34. The van der Waals surface area contributed by atoms with Gasteiger partial charge >= 0.3 is 10.4 Å². The molecule has 0 aliphatic heterocycles. The highest BCUT2D eigenvalue weighted by molar-refractivity contribution is 7.79. The number of primary amides is 1. The summed E-state index contributed by atoms with van der Waals surface area (Å²) in [6, 6.07) is 0.557. The van der Waals surface area contributed by atoms with E-state index in [2.05, 4.69) is 11.8 Å². The molecule has 44 heavy (non-hydrogen) atoms. The molecule has 4 rings (SSSR count). The normalized spacial score (nSPS) is 24.8. The Morgan fingerprint density at radius 1 is 1.09 bits per heavy atom. The van der Waals surface area contributed by atoms with Crippen LogP contribution in [0.15, 0.2) is 23.0 Å². The number of hydrogen-bond donors (Lipinski definition) is 8. The molecule has 1 fully saturated rings. The fraction of sp³-hybridized carbons (Fsp3) is 0.536. The molecule has 0 aromatic heterocycles. The number of Topliss-reactive ketones (excluding diaryl/α,β-unsaturated/α-hetero) is 2. The maximum absolute atomic E-state index is 14.0. The highest BCUT2D eigenvalue weighted by atomic mass is 32.3. The van der Waals surface area contributed by atoms with E-state index in [1.165, 1.54) is 4.90 Å². The van der Waals surface area contributed by atoms with E-state index < -0.39 is 68.4 Å². The van der Waals surface area contributed by atoms with Gasteiger partial charge in [-0.25, -0.2) is 0 Å². The van der Waals surface area contributed by atoms with Crippen LogP contribution in [0.2, 0.25) is 0 Å². The van der Waals surface area contributed by atoms with E-state index >= 15 is 0 Å². The molecule has 3 aliphatic rings. The number of aromatic hydroxyl groups is 1. The zero-order chi connectivity index (χ0) is 33.5. The molecule has 1 aromatic carbocycles. The minimum atomic E-state index is -4.67. The number of likely N-dealkylation sites (N-methyl/N-ethyl adjacent to an activating group) is 1. The van der Waals surface area contributed by atoms with E-state index in [4.69, 9.17) is 29.0 Å². The van der Waals surface area contributed by atoms with Gasteiger partial charge in [-0.05, 0) is 57.3 Å². The SMILES string of the molecule is CCCCN(CCC)c1cc(N)c(O)c2c1CC1CC3[C@H](N(C)C)C(=O)C(C(N)=O)=C(O)[C@@]3(O)C(=O)C1=C2O.O=S(=O)(O)O. The van der Waals surface area contributed by atoms with Crippen molar-refractivity contribution in [3.63, 3.8) is 0 Å². The van der Waals surface area contributed by atoms with Crippen molar-refractivity contribution in [3.8, 4) is 5.75 Å². The number of nitrogens with two attached hydrogens (primary N) is 2. The van der Waals surface area contributed by atoms with Gasteiger partial charge in [0.15, 0.2) is 11.4 Å². The number of fused-ring (bicyclic) bond motifs is 3. The fourth-order valence-corrected chi connectivity index (χ4v) is 6.57. The van der Waals surface area contributed by atoms with Crippen molar-refractivity contribution in [2.75, 3.05) is 37.8 Å². The zero-order valence-electron chi connectivity index (χ0n) is 24.9. The van der Waals surface area contributed by atoms with E-state index in [-0.39, 0.29) is 35.4 Å². The number of carbonyl (C=O) groups is 3. The number of rotatable bonds is 8. The lowest BCUT2D eigenvalue weighted by Gasteiger charge is -2.50. The molecule has 4 atom stereocenters. The summed E-state index contributed by atoms with van der Waals surface area (Å²) in [5.74, 6) is -6.86. The Kier molecular flexibility index (Phi) is 10.1. The smallest absolute Gasteiger partial charge is 0.394 e. The molecule has 1 aromatic rings. The molecular formula is C28H40N4O11S. The van der Waals surface area contributed by atoms with Crippen molar-refractivity contribution in [2.45, 2.75) is 57.6 Å². The van der Waals surface area contributed by atoms with Crippen LogP contribution in [0.4, 0.5) is 11.4 Å². The molecule has 1 amide bonds. The number of carbonyl (C=O) groups excluding carboxylic acids is 3. The van der Waals surface area contributed by atoms with Crippen LogP contribution in [0.5, 0.6) is 5.75 Å². The Morgan fingerprint density at radius 2 is 1.68 bits per heavy atom. The van der Waals surface area contributed by atoms with Gasteiger partial charge in [0.2, 0.25) is 5.78 Å². The minimum absolute atomic E-state index is 0.0129. The van der Waals surface area contributed by atoms with Crippen LogP contribution in [-0.2, 0) is 31.2 Å². The maximum Gasteiger partial charge on any atom is 0.394 e. The van der Waals surface area contributed by atoms with E-state index in [0.717, 1.165) is 31.5 Å². The molecule has 0 bridgehead atoms. The predicted octanol–water partition coefficient (Wildman–Crippen LogP) is 0.910. The number of nitrogens with zero attached hydrogens (tertiary/aromatic N) is 2. The van der Waals surface area contributed by atoms with Gasteiger partial charge in [0.05, 0.1) is 17.3 Å². The molecule has 16 heteroatoms. The summed E-state index contributed by atoms with van der Waals surface area (Å²) >= 11 is 0. The second-order valence-electron chi connectivity index (χ2n) is 11.4. The number of amides is 1. The highest BCUT2D eigenvalue weighted by Crippen LogP contribution is 2.54. The van der Waals surface area contributed by atoms with E-state index in [9.17, 15) is 34.8 Å². The van der Waals surface area contributed by atoms with Gasteiger partial charge in [0.25, 0.3) is 5.91 Å². The van der Waals surface area contributed by atoms with Gasteiger partial charge in [-0.15, -0.1) is 0 Å². The number of benzene rings is 1. The lowest BCUT2D eigenvalue weighted by molar-refractivity contribution is -0.153. The van der Waals surface area contributed by atoms with E-state index in [1.54, 1.807) is 20.2 Å². The van der Waals surface area contributed by atoms with Gasteiger partial charge in [0.1, 0.15) is 22.8 Å². The fourth-order valence-electron chi connectivity index (χ4n) is 6.57. The van der Waals surface area contributed by atoms with Crippen molar-refractivity contribution in [1.82, 2.24) is 4.90 Å². The first-order valence-corrected chi connectivity index (χ1v) is 15.5. The summed E-state index contributed by atoms with van der Waals surface area (Å²) in [5, 5.41) is 45.1. The second-order valence-corrected chi connectivity index (χ2v) is 12.3. The molecular weight excluding hydrogens is 600 g/mol. The summed E-state index contributed by atoms with van der Waals surface area (Å²) in [6.45, 7) is 5.58. The molecule has 3 aliphatic carbocycles. The number of hydrogen-bond acceptors (Lipinski definition) is 12. The number of aliphatic hydroxyl groups excluding tert-OH is 2. The first kappa shape index (κ1) is 34.8. The number of nitrogen functional groups attached to an aromatic ring is 1. The van der Waals surface area contributed by atoms with E-state index in [0.29, 0.717) is 12.1 Å². The molecule has 0 spiro atoms. The molecule has 15 nitrogen and oxygen atoms in total. The van der Waals surface area contributed by atoms with Gasteiger partial charge in [-0.1, -0.05) is 20.3 Å². The first-order valence-electron chi connectivity index (χ1n) is 14.1. The first-order chi connectivity index (χ1) is 20.3. The topological polar surface area (TPSA) is 265 Å². The average molecular weight is 641 g/mol.